The van der Waals surface area contributed by atoms with Crippen LogP contribution in [0.3, 0.4) is 0 Å². The third kappa shape index (κ3) is 2.19. The molecule has 132 valence electrons. The minimum Gasteiger partial charge on any atom is -0.494 e. The van der Waals surface area contributed by atoms with Crippen molar-refractivity contribution >= 4 is 27.5 Å². The van der Waals surface area contributed by atoms with E-state index < -0.39 is 5.82 Å². The molecule has 5 nitrogen and oxygen atoms in total. The van der Waals surface area contributed by atoms with Crippen molar-refractivity contribution in [2.75, 3.05) is 12.8 Å². The number of halogens is 1. The molecule has 2 aromatic carbocycles. The van der Waals surface area contributed by atoms with Crippen LogP contribution in [0.25, 0.3) is 32.9 Å². The third-order valence-corrected chi connectivity index (χ3v) is 4.66. The van der Waals surface area contributed by atoms with Crippen molar-refractivity contribution in [1.29, 1.82) is 0 Å². The number of methoxy groups -OCH3 is 1. The maximum Gasteiger partial charge on any atom is 0.202 e. The van der Waals surface area contributed by atoms with Crippen LogP contribution >= 0.6 is 0 Å². The lowest BCUT2D eigenvalue weighted by atomic mass is 9.99. The predicted octanol–water partition coefficient (Wildman–Crippen LogP) is 4.31. The highest BCUT2D eigenvalue weighted by atomic mass is 19.1. The summed E-state index contributed by atoms with van der Waals surface area (Å²) in [4.78, 5) is 4.71. The summed E-state index contributed by atoms with van der Waals surface area (Å²) in [5.41, 5.74) is 9.35. The normalized spacial score (nSPS) is 11.3. The summed E-state index contributed by atoms with van der Waals surface area (Å²) in [5, 5.41) is 11.6. The molecule has 0 radical (unpaired) electrons. The van der Waals surface area contributed by atoms with Crippen LogP contribution in [0, 0.1) is 5.82 Å². The Balaban J connectivity index is 2.12. The number of nitrogen functional groups attached to an aromatic ring is 1. The van der Waals surface area contributed by atoms with E-state index in [2.05, 4.69) is 0 Å². The van der Waals surface area contributed by atoms with Gasteiger partial charge in [-0.1, -0.05) is 30.3 Å². The summed E-state index contributed by atoms with van der Waals surface area (Å²) >= 11 is 0. The molecule has 0 saturated carbocycles. The van der Waals surface area contributed by atoms with Crippen LogP contribution in [-0.2, 0) is 6.54 Å². The Morgan fingerprint density at radius 3 is 2.65 bits per heavy atom. The average Bonchev–Trinajstić information content (AvgIpc) is 2.97. The zero-order valence-corrected chi connectivity index (χ0v) is 14.5. The second-order valence-electron chi connectivity index (χ2n) is 6.05. The molecular formula is C20H18FN3O2. The molecule has 0 spiro atoms. The highest BCUT2D eigenvalue weighted by molar-refractivity contribution is 6.12. The highest BCUT2D eigenvalue weighted by Gasteiger charge is 2.19. The van der Waals surface area contributed by atoms with Crippen LogP contribution in [0.1, 0.15) is 6.92 Å². The Bertz CT molecular complexity index is 1150. The number of hydrogen-bond donors (Lipinski definition) is 2. The smallest absolute Gasteiger partial charge is 0.202 e. The first-order valence-corrected chi connectivity index (χ1v) is 8.29. The maximum absolute atomic E-state index is 14.2. The molecule has 0 aliphatic heterocycles. The van der Waals surface area contributed by atoms with Crippen molar-refractivity contribution in [2.24, 2.45) is 0 Å². The molecule has 0 amide bonds. The molecule has 0 atom stereocenters. The molecule has 6 heteroatoms. The molecule has 0 fully saturated rings. The number of hydrogen-bond acceptors (Lipinski definition) is 4. The van der Waals surface area contributed by atoms with E-state index in [4.69, 9.17) is 15.5 Å². The van der Waals surface area contributed by atoms with Crippen LogP contribution in [0.15, 0.2) is 42.6 Å². The van der Waals surface area contributed by atoms with E-state index in [1.165, 1.54) is 13.2 Å². The molecular weight excluding hydrogens is 333 g/mol. The fourth-order valence-corrected chi connectivity index (χ4v) is 3.40. The number of ether oxygens (including phenoxy) is 1. The van der Waals surface area contributed by atoms with Crippen molar-refractivity contribution in [1.82, 2.24) is 9.55 Å². The van der Waals surface area contributed by atoms with Gasteiger partial charge in [0.1, 0.15) is 0 Å². The minimum atomic E-state index is -0.439. The number of aromatic hydroxyl groups is 1. The summed E-state index contributed by atoms with van der Waals surface area (Å²) in [7, 11) is 1.44. The largest absolute Gasteiger partial charge is 0.494 e. The van der Waals surface area contributed by atoms with Gasteiger partial charge >= 0.3 is 0 Å². The fraction of sp³-hybridized carbons (Fsp3) is 0.150. The van der Waals surface area contributed by atoms with Crippen LogP contribution in [0.4, 0.5) is 10.1 Å². The second kappa shape index (κ2) is 5.91. The fourth-order valence-electron chi connectivity index (χ4n) is 3.40. The van der Waals surface area contributed by atoms with Crippen LogP contribution in [0.2, 0.25) is 0 Å². The van der Waals surface area contributed by atoms with Crippen molar-refractivity contribution < 1.29 is 14.2 Å². The molecule has 2 aromatic heterocycles. The third-order valence-electron chi connectivity index (χ3n) is 4.66. The van der Waals surface area contributed by atoms with E-state index in [1.807, 2.05) is 25.1 Å². The molecule has 3 N–H and O–H groups in total. The molecule has 4 aromatic rings. The minimum absolute atomic E-state index is 0.100. The number of pyridine rings is 1. The Morgan fingerprint density at radius 2 is 1.92 bits per heavy atom. The van der Waals surface area contributed by atoms with E-state index >= 15 is 0 Å². The van der Waals surface area contributed by atoms with Gasteiger partial charge in [-0.3, -0.25) is 0 Å². The lowest BCUT2D eigenvalue weighted by molar-refractivity contribution is 0.388. The number of aromatic nitrogens is 2. The maximum atomic E-state index is 14.2. The number of fused-ring (bicyclic) bond motifs is 2. The summed E-state index contributed by atoms with van der Waals surface area (Å²) in [5.74, 6) is -0.177. The Morgan fingerprint density at radius 1 is 1.19 bits per heavy atom. The van der Waals surface area contributed by atoms with Gasteiger partial charge in [0.05, 0.1) is 29.2 Å². The second-order valence-corrected chi connectivity index (χ2v) is 6.05. The number of rotatable bonds is 3. The van der Waals surface area contributed by atoms with Gasteiger partial charge in [-0.15, -0.1) is 0 Å². The highest BCUT2D eigenvalue weighted by Crippen LogP contribution is 2.41. The number of aryl methyl sites for hydroxylation is 1. The summed E-state index contributed by atoms with van der Waals surface area (Å²) < 4.78 is 21.1. The van der Waals surface area contributed by atoms with Gasteiger partial charge < -0.3 is 20.1 Å². The van der Waals surface area contributed by atoms with E-state index in [9.17, 15) is 9.50 Å². The van der Waals surface area contributed by atoms with E-state index in [-0.39, 0.29) is 11.6 Å². The summed E-state index contributed by atoms with van der Waals surface area (Å²) in [6.07, 6.45) is 1.76. The quantitative estimate of drug-likeness (QED) is 0.577. The van der Waals surface area contributed by atoms with E-state index in [1.54, 1.807) is 22.9 Å². The zero-order valence-electron chi connectivity index (χ0n) is 14.5. The summed E-state index contributed by atoms with van der Waals surface area (Å²) in [6.45, 7) is 2.53. The SMILES string of the molecule is CCn1cc2nc3c(-c4cccc(F)c4OC)cccc3c(N)c2c1O. The van der Waals surface area contributed by atoms with Gasteiger partial charge in [0.2, 0.25) is 5.88 Å². The molecule has 0 aliphatic carbocycles. The van der Waals surface area contributed by atoms with Crippen molar-refractivity contribution in [3.63, 3.8) is 0 Å². The van der Waals surface area contributed by atoms with Crippen LogP contribution in [0.5, 0.6) is 11.6 Å². The molecule has 26 heavy (non-hydrogen) atoms. The zero-order chi connectivity index (χ0) is 18.4. The first kappa shape index (κ1) is 16.2. The van der Waals surface area contributed by atoms with Crippen molar-refractivity contribution in [3.8, 4) is 22.8 Å². The molecule has 0 saturated heterocycles. The molecule has 4 rings (SSSR count). The average molecular weight is 351 g/mol. The van der Waals surface area contributed by atoms with Gasteiger partial charge in [-0.05, 0) is 13.0 Å². The number of nitrogens with zero attached hydrogens (tertiary/aromatic N) is 2. The monoisotopic (exact) mass is 351 g/mol. The van der Waals surface area contributed by atoms with Gasteiger partial charge in [-0.2, -0.15) is 0 Å². The summed E-state index contributed by atoms with van der Waals surface area (Å²) in [6, 6.07) is 10.3. The van der Waals surface area contributed by atoms with Crippen LogP contribution in [-0.4, -0.2) is 21.8 Å². The van der Waals surface area contributed by atoms with Gasteiger partial charge in [-0.25, -0.2) is 9.37 Å². The number of para-hydroxylation sites is 2. The molecule has 0 bridgehead atoms. The van der Waals surface area contributed by atoms with Gasteiger partial charge in [0, 0.05) is 29.3 Å². The predicted molar refractivity (Wildman–Crippen MR) is 101 cm³/mol. The molecule has 0 unspecified atom stereocenters. The van der Waals surface area contributed by atoms with E-state index in [0.717, 1.165) is 5.56 Å². The standard InChI is InChI=1S/C20H18FN3O2/c1-3-24-10-15-16(20(24)25)17(22)13-8-4-6-11(18(13)23-15)12-7-5-9-14(21)19(12)26-2/h4-10,25H,3,22H2,1-2H3. The van der Waals surface area contributed by atoms with Crippen molar-refractivity contribution in [3.05, 3.63) is 48.4 Å². The molecule has 0 aliphatic rings. The lowest BCUT2D eigenvalue weighted by Crippen LogP contribution is -1.95. The number of benzene rings is 2. The Kier molecular flexibility index (Phi) is 3.68. The first-order valence-electron chi connectivity index (χ1n) is 8.29. The Labute approximate surface area is 149 Å². The van der Waals surface area contributed by atoms with Gasteiger partial charge in [0.25, 0.3) is 0 Å². The number of nitrogens with two attached hydrogens (primary N) is 1. The Hall–Kier alpha value is -3.28. The van der Waals surface area contributed by atoms with Gasteiger partial charge in [0.15, 0.2) is 11.6 Å². The first-order chi connectivity index (χ1) is 12.6. The van der Waals surface area contributed by atoms with Crippen molar-refractivity contribution in [2.45, 2.75) is 13.5 Å². The van der Waals surface area contributed by atoms with Crippen LogP contribution < -0.4 is 10.5 Å². The lowest BCUT2D eigenvalue weighted by Gasteiger charge is -2.12. The number of anilines is 1. The molecule has 2 heterocycles. The topological polar surface area (TPSA) is 73.3 Å². The van der Waals surface area contributed by atoms with E-state index in [0.29, 0.717) is 39.6 Å².